The molecule has 0 aliphatic carbocycles. The van der Waals surface area contributed by atoms with E-state index >= 15 is 0 Å². The fourth-order valence-electron chi connectivity index (χ4n) is 3.57. The first-order valence-electron chi connectivity index (χ1n) is 9.98. The molecular formula is C22H22F3N3O3S2. The molecule has 0 unspecified atom stereocenters. The lowest BCUT2D eigenvalue weighted by Gasteiger charge is -2.31. The van der Waals surface area contributed by atoms with Crippen molar-refractivity contribution in [1.82, 2.24) is 10.6 Å². The molecule has 33 heavy (non-hydrogen) atoms. The summed E-state index contributed by atoms with van der Waals surface area (Å²) in [5.41, 5.74) is 0.215. The number of amides is 1. The molecule has 1 atom stereocenters. The van der Waals surface area contributed by atoms with Crippen LogP contribution in [0.2, 0.25) is 0 Å². The van der Waals surface area contributed by atoms with Crippen molar-refractivity contribution >= 4 is 45.5 Å². The molecule has 0 bridgehead atoms. The van der Waals surface area contributed by atoms with Crippen LogP contribution < -0.4 is 16.0 Å². The number of carbonyl (C=O) groups excluding carboxylic acids is 2. The van der Waals surface area contributed by atoms with Crippen molar-refractivity contribution in [2.45, 2.75) is 39.9 Å². The monoisotopic (exact) mass is 497 g/mol. The average Bonchev–Trinajstić information content (AvgIpc) is 2.99. The third-order valence-electron chi connectivity index (χ3n) is 5.18. The Labute approximate surface area is 198 Å². The lowest BCUT2D eigenvalue weighted by Crippen LogP contribution is -2.46. The van der Waals surface area contributed by atoms with Crippen molar-refractivity contribution in [3.05, 3.63) is 62.7 Å². The summed E-state index contributed by atoms with van der Waals surface area (Å²) in [7, 11) is 0. The number of benzene rings is 1. The van der Waals surface area contributed by atoms with Gasteiger partial charge >= 0.3 is 12.1 Å². The maximum Gasteiger partial charge on any atom is 0.416 e. The number of thiophene rings is 1. The predicted octanol–water partition coefficient (Wildman–Crippen LogP) is 4.99. The Hall–Kier alpha value is -2.92. The number of hydrogen-bond acceptors (Lipinski definition) is 5. The van der Waals surface area contributed by atoms with Gasteiger partial charge in [-0.1, -0.05) is 18.2 Å². The lowest BCUT2D eigenvalue weighted by molar-refractivity contribution is -0.138. The largest absolute Gasteiger partial charge is 0.462 e. The van der Waals surface area contributed by atoms with Crippen LogP contribution in [0, 0.1) is 13.8 Å². The highest BCUT2D eigenvalue weighted by Crippen LogP contribution is 2.39. The zero-order valence-corrected chi connectivity index (χ0v) is 19.9. The third-order valence-corrected chi connectivity index (χ3v) is 6.53. The number of anilines is 1. The number of esters is 1. The number of nitrogens with one attached hydrogen (secondary N) is 3. The minimum absolute atomic E-state index is 0.0267. The van der Waals surface area contributed by atoms with Gasteiger partial charge in [-0.2, -0.15) is 13.2 Å². The maximum atomic E-state index is 13.7. The van der Waals surface area contributed by atoms with Crippen LogP contribution in [0.1, 0.15) is 51.8 Å². The first kappa shape index (κ1) is 24.7. The van der Waals surface area contributed by atoms with E-state index in [0.717, 1.165) is 10.9 Å². The van der Waals surface area contributed by atoms with Gasteiger partial charge in [-0.15, -0.1) is 11.3 Å². The first-order chi connectivity index (χ1) is 15.5. The Morgan fingerprint density at radius 1 is 1.21 bits per heavy atom. The number of allylic oxidation sites excluding steroid dienone is 1. The van der Waals surface area contributed by atoms with Gasteiger partial charge < -0.3 is 20.7 Å². The van der Waals surface area contributed by atoms with E-state index in [-0.39, 0.29) is 33.4 Å². The van der Waals surface area contributed by atoms with Crippen molar-refractivity contribution in [2.24, 2.45) is 0 Å². The Morgan fingerprint density at radius 2 is 1.88 bits per heavy atom. The van der Waals surface area contributed by atoms with Crippen LogP contribution in [0.5, 0.6) is 0 Å². The zero-order valence-electron chi connectivity index (χ0n) is 18.3. The quantitative estimate of drug-likeness (QED) is 0.399. The van der Waals surface area contributed by atoms with Crippen molar-refractivity contribution in [3.63, 3.8) is 0 Å². The van der Waals surface area contributed by atoms with Gasteiger partial charge in [-0.3, -0.25) is 4.79 Å². The second kappa shape index (κ2) is 9.52. The maximum absolute atomic E-state index is 13.7. The molecule has 0 spiro atoms. The van der Waals surface area contributed by atoms with Gasteiger partial charge in [0, 0.05) is 10.6 Å². The molecule has 1 amide bonds. The second-order valence-electron chi connectivity index (χ2n) is 7.32. The number of hydrogen-bond donors (Lipinski definition) is 3. The normalized spacial score (nSPS) is 16.2. The highest BCUT2D eigenvalue weighted by Gasteiger charge is 2.39. The van der Waals surface area contributed by atoms with Gasteiger partial charge in [0.1, 0.15) is 5.00 Å². The van der Waals surface area contributed by atoms with Crippen molar-refractivity contribution in [1.29, 1.82) is 0 Å². The fraction of sp³-hybridized carbons (Fsp3) is 0.318. The van der Waals surface area contributed by atoms with E-state index < -0.39 is 29.7 Å². The number of aryl methyl sites for hydroxylation is 1. The summed E-state index contributed by atoms with van der Waals surface area (Å²) in [6.07, 6.45) is -4.63. The van der Waals surface area contributed by atoms with Crippen LogP contribution in [-0.2, 0) is 15.7 Å². The number of carbonyl (C=O) groups is 2. The molecule has 3 N–H and O–H groups in total. The summed E-state index contributed by atoms with van der Waals surface area (Å²) in [6.45, 7) is 6.93. The summed E-state index contributed by atoms with van der Waals surface area (Å²) in [4.78, 5) is 26.6. The Morgan fingerprint density at radius 3 is 2.52 bits per heavy atom. The molecule has 0 saturated carbocycles. The number of alkyl halides is 3. The molecule has 2 heterocycles. The number of rotatable bonds is 5. The fourth-order valence-corrected chi connectivity index (χ4v) is 4.88. The van der Waals surface area contributed by atoms with Crippen LogP contribution in [0.3, 0.4) is 0 Å². The van der Waals surface area contributed by atoms with E-state index in [4.69, 9.17) is 17.0 Å². The molecule has 176 valence electrons. The van der Waals surface area contributed by atoms with E-state index in [0.29, 0.717) is 11.3 Å². The lowest BCUT2D eigenvalue weighted by atomic mass is 9.91. The molecule has 2 aromatic rings. The Bertz CT molecular complexity index is 1160. The third kappa shape index (κ3) is 5.03. The van der Waals surface area contributed by atoms with E-state index in [1.165, 1.54) is 29.5 Å². The topological polar surface area (TPSA) is 79.5 Å². The predicted molar refractivity (Wildman–Crippen MR) is 124 cm³/mol. The van der Waals surface area contributed by atoms with E-state index in [1.54, 1.807) is 27.7 Å². The molecule has 11 heteroatoms. The Balaban J connectivity index is 2.06. The van der Waals surface area contributed by atoms with E-state index in [1.807, 2.05) is 0 Å². The summed E-state index contributed by atoms with van der Waals surface area (Å²) < 4.78 is 46.2. The van der Waals surface area contributed by atoms with Gasteiger partial charge in [-0.05, 0) is 57.1 Å². The minimum Gasteiger partial charge on any atom is -0.462 e. The van der Waals surface area contributed by atoms with Gasteiger partial charge in [0.05, 0.1) is 29.3 Å². The van der Waals surface area contributed by atoms with Crippen LogP contribution in [0.15, 0.2) is 35.5 Å². The molecule has 3 rings (SSSR count). The van der Waals surface area contributed by atoms with Crippen molar-refractivity contribution in [2.75, 3.05) is 11.9 Å². The molecule has 1 aromatic heterocycles. The van der Waals surface area contributed by atoms with Crippen molar-refractivity contribution in [3.8, 4) is 0 Å². The molecule has 0 radical (unpaired) electrons. The number of thiocarbonyl (C=S) groups is 1. The van der Waals surface area contributed by atoms with Crippen LogP contribution >= 0.6 is 23.6 Å². The summed E-state index contributed by atoms with van der Waals surface area (Å²) in [5, 5.41) is 8.65. The molecule has 1 aliphatic rings. The zero-order chi connectivity index (χ0) is 24.5. The molecule has 0 saturated heterocycles. The average molecular weight is 498 g/mol. The van der Waals surface area contributed by atoms with Crippen LogP contribution in [0.25, 0.3) is 0 Å². The van der Waals surface area contributed by atoms with Crippen LogP contribution in [-0.4, -0.2) is 23.6 Å². The van der Waals surface area contributed by atoms with E-state index in [2.05, 4.69) is 16.0 Å². The number of halogens is 3. The molecule has 1 aliphatic heterocycles. The first-order valence-corrected chi connectivity index (χ1v) is 11.2. The molecule has 0 fully saturated rings. The molecular weight excluding hydrogens is 475 g/mol. The number of ether oxygens (including phenoxy) is 1. The molecule has 6 nitrogen and oxygen atoms in total. The van der Waals surface area contributed by atoms with Gasteiger partial charge in [0.25, 0.3) is 5.91 Å². The van der Waals surface area contributed by atoms with Crippen LogP contribution in [0.4, 0.5) is 18.2 Å². The smallest absolute Gasteiger partial charge is 0.416 e. The standard InChI is InChI=1S/C22H22F3N3O3S2/c1-5-31-20(30)15-10(2)12(4)33-19(15)28-18(29)16-11(3)26-21(32)27-17(16)13-8-6-7-9-14(13)22(23,24)25/h6-9,17H,5H2,1-4H3,(H,28,29)(H2,26,27,32)/t17-/m1/s1. The second-order valence-corrected chi connectivity index (χ2v) is 8.95. The highest BCUT2D eigenvalue weighted by molar-refractivity contribution is 7.80. The van der Waals surface area contributed by atoms with Crippen molar-refractivity contribution < 1.29 is 27.5 Å². The van der Waals surface area contributed by atoms with Gasteiger partial charge in [0.2, 0.25) is 0 Å². The van der Waals surface area contributed by atoms with Gasteiger partial charge in [0.15, 0.2) is 5.11 Å². The summed E-state index contributed by atoms with van der Waals surface area (Å²) >= 11 is 6.33. The Kier molecular flexibility index (Phi) is 7.13. The van der Waals surface area contributed by atoms with E-state index in [9.17, 15) is 22.8 Å². The molecule has 1 aromatic carbocycles. The minimum atomic E-state index is -4.63. The summed E-state index contributed by atoms with van der Waals surface area (Å²) in [5.74, 6) is -1.25. The highest BCUT2D eigenvalue weighted by atomic mass is 32.1. The SMILES string of the molecule is CCOC(=O)c1c(NC(=O)C2=C(C)NC(=S)N[C@@H]2c2ccccc2C(F)(F)F)sc(C)c1C. The summed E-state index contributed by atoms with van der Waals surface area (Å²) in [6, 6.07) is 3.86. The van der Waals surface area contributed by atoms with Gasteiger partial charge in [-0.25, -0.2) is 4.79 Å².